The molecule has 3 N–H and O–H groups in total. The molecule has 0 bridgehead atoms. The van der Waals surface area contributed by atoms with Crippen molar-refractivity contribution < 1.29 is 32.6 Å². The van der Waals surface area contributed by atoms with Crippen molar-refractivity contribution in [1.82, 2.24) is 20.9 Å². The second-order valence-electron chi connectivity index (χ2n) is 9.78. The summed E-state index contributed by atoms with van der Waals surface area (Å²) in [4.78, 5) is 26.3. The normalized spacial score (nSPS) is 21.7. The monoisotopic (exact) mass is 526 g/mol. The average molecular weight is 527 g/mol. The molecule has 0 radical (unpaired) electrons. The van der Waals surface area contributed by atoms with E-state index in [0.717, 1.165) is 51.4 Å². The molecule has 2 aliphatic rings. The zero-order chi connectivity index (χ0) is 26.6. The number of benzene rings is 1. The third-order valence-electron chi connectivity index (χ3n) is 6.89. The van der Waals surface area contributed by atoms with Crippen LogP contribution in [0.15, 0.2) is 18.2 Å². The Morgan fingerprint density at radius 2 is 1.97 bits per heavy atom. The number of nitrogens with one attached hydrogen (secondary N) is 3. The summed E-state index contributed by atoms with van der Waals surface area (Å²) in [5, 5.41) is 8.87. The van der Waals surface area contributed by atoms with Crippen molar-refractivity contribution in [3.05, 3.63) is 35.4 Å². The number of likely N-dealkylation sites (N-methyl/N-ethyl adjacent to an activating group) is 1. The molecule has 0 spiro atoms. The standard InChI is InChI=1S/C26H40F2N4O5/c1-29-15-23(11-18-5-4-9-36-17-18)31-25(33)32-8-3-6-19(16-32)24(37-10-7-30-26(34)35-2)20-12-21(27)14-22(28)13-20/h12-14,18-19,23-24,29H,3-11,15-17H2,1-2H3,(H,30,34)(H,31,33)/t18-,19-,23+,24?/m1/s1. The fraction of sp³-hybridized carbons (Fsp3) is 0.692. The van der Waals surface area contributed by atoms with Gasteiger partial charge in [0.2, 0.25) is 0 Å². The van der Waals surface area contributed by atoms with Gasteiger partial charge in [-0.3, -0.25) is 0 Å². The number of rotatable bonds is 11. The van der Waals surface area contributed by atoms with Crippen molar-refractivity contribution in [2.45, 2.75) is 44.2 Å². The van der Waals surface area contributed by atoms with Crippen molar-refractivity contribution in [1.29, 1.82) is 0 Å². The van der Waals surface area contributed by atoms with Crippen LogP contribution < -0.4 is 16.0 Å². The van der Waals surface area contributed by atoms with Crippen molar-refractivity contribution in [2.24, 2.45) is 11.8 Å². The summed E-state index contributed by atoms with van der Waals surface area (Å²) in [6.07, 6.45) is 3.21. The molecular formula is C26H40F2N4O5. The lowest BCUT2D eigenvalue weighted by Gasteiger charge is -2.38. The lowest BCUT2D eigenvalue weighted by molar-refractivity contribution is -0.00905. The maximum absolute atomic E-state index is 14.1. The van der Waals surface area contributed by atoms with E-state index in [0.29, 0.717) is 31.1 Å². The molecule has 37 heavy (non-hydrogen) atoms. The Bertz CT molecular complexity index is 851. The number of carbonyl (C=O) groups excluding carboxylic acids is 2. The molecule has 1 aromatic carbocycles. The molecule has 2 aliphatic heterocycles. The highest BCUT2D eigenvalue weighted by atomic mass is 19.1. The number of piperidine rings is 1. The number of halogens is 2. The van der Waals surface area contributed by atoms with Gasteiger partial charge in [-0.2, -0.15) is 0 Å². The molecule has 2 fully saturated rings. The number of urea groups is 1. The Balaban J connectivity index is 1.65. The molecule has 0 aliphatic carbocycles. The Kier molecular flexibility index (Phi) is 11.8. The van der Waals surface area contributed by atoms with Crippen molar-refractivity contribution in [2.75, 3.05) is 60.2 Å². The van der Waals surface area contributed by atoms with Gasteiger partial charge < -0.3 is 35.1 Å². The summed E-state index contributed by atoms with van der Waals surface area (Å²) < 4.78 is 44.3. The Morgan fingerprint density at radius 1 is 1.19 bits per heavy atom. The Morgan fingerprint density at radius 3 is 2.65 bits per heavy atom. The van der Waals surface area contributed by atoms with Crippen molar-refractivity contribution in [3.63, 3.8) is 0 Å². The first kappa shape index (κ1) is 29.1. The smallest absolute Gasteiger partial charge is 0.406 e. The number of hydrogen-bond donors (Lipinski definition) is 3. The number of nitrogens with zero attached hydrogens (tertiary/aromatic N) is 1. The second-order valence-corrected chi connectivity index (χ2v) is 9.78. The SMILES string of the molecule is CNC[C@H](C[C@H]1CCCOC1)NC(=O)N1CCC[C@@H](C(OCCNC(=O)OC)c2cc(F)cc(F)c2)C1. The van der Waals surface area contributed by atoms with Gasteiger partial charge in [0.15, 0.2) is 0 Å². The van der Waals surface area contributed by atoms with Crippen LogP contribution >= 0.6 is 0 Å². The highest BCUT2D eigenvalue weighted by Gasteiger charge is 2.32. The molecule has 1 unspecified atom stereocenters. The molecule has 3 amide bonds. The van der Waals surface area contributed by atoms with Crippen LogP contribution in [0.25, 0.3) is 0 Å². The number of alkyl carbamates (subject to hydrolysis) is 1. The van der Waals surface area contributed by atoms with Crippen molar-refractivity contribution in [3.8, 4) is 0 Å². The number of methoxy groups -OCH3 is 1. The van der Waals surface area contributed by atoms with Crippen LogP contribution in [0.2, 0.25) is 0 Å². The lowest BCUT2D eigenvalue weighted by atomic mass is 9.88. The topological polar surface area (TPSA) is 101 Å². The third kappa shape index (κ3) is 9.39. The van der Waals surface area contributed by atoms with Crippen LogP contribution in [0, 0.1) is 23.5 Å². The first-order valence-corrected chi connectivity index (χ1v) is 13.1. The minimum Gasteiger partial charge on any atom is -0.453 e. The van der Waals surface area contributed by atoms with E-state index in [9.17, 15) is 18.4 Å². The zero-order valence-electron chi connectivity index (χ0n) is 21.8. The number of hydrogen-bond acceptors (Lipinski definition) is 6. The van der Waals surface area contributed by atoms with E-state index in [4.69, 9.17) is 9.47 Å². The van der Waals surface area contributed by atoms with Gasteiger partial charge >= 0.3 is 12.1 Å². The molecule has 208 valence electrons. The first-order chi connectivity index (χ1) is 17.9. The molecule has 4 atom stereocenters. The first-order valence-electron chi connectivity index (χ1n) is 13.1. The Hall–Kier alpha value is -2.50. The van der Waals surface area contributed by atoms with E-state index in [2.05, 4.69) is 20.7 Å². The number of likely N-dealkylation sites (tertiary alicyclic amines) is 1. The lowest BCUT2D eigenvalue weighted by Crippen LogP contribution is -2.52. The van der Waals surface area contributed by atoms with Crippen LogP contribution in [0.5, 0.6) is 0 Å². The van der Waals surface area contributed by atoms with Gasteiger partial charge in [0.1, 0.15) is 11.6 Å². The molecule has 0 saturated carbocycles. The predicted molar refractivity (Wildman–Crippen MR) is 134 cm³/mol. The zero-order valence-corrected chi connectivity index (χ0v) is 21.8. The largest absolute Gasteiger partial charge is 0.453 e. The van der Waals surface area contributed by atoms with Crippen LogP contribution in [0.4, 0.5) is 18.4 Å². The molecule has 9 nitrogen and oxygen atoms in total. The summed E-state index contributed by atoms with van der Waals surface area (Å²) >= 11 is 0. The van der Waals surface area contributed by atoms with E-state index >= 15 is 0 Å². The van der Waals surface area contributed by atoms with Crippen LogP contribution in [0.3, 0.4) is 0 Å². The highest BCUT2D eigenvalue weighted by molar-refractivity contribution is 5.74. The van der Waals surface area contributed by atoms with Gasteiger partial charge in [0.25, 0.3) is 0 Å². The van der Waals surface area contributed by atoms with Gasteiger partial charge in [-0.1, -0.05) is 0 Å². The van der Waals surface area contributed by atoms with E-state index < -0.39 is 23.8 Å². The van der Waals surface area contributed by atoms with E-state index in [1.807, 2.05) is 7.05 Å². The van der Waals surface area contributed by atoms with Crippen molar-refractivity contribution >= 4 is 12.1 Å². The third-order valence-corrected chi connectivity index (χ3v) is 6.89. The van der Waals surface area contributed by atoms with Gasteiger partial charge in [0.05, 0.1) is 19.8 Å². The minimum atomic E-state index is -0.691. The van der Waals surface area contributed by atoms with Gasteiger partial charge in [-0.15, -0.1) is 0 Å². The molecule has 2 saturated heterocycles. The predicted octanol–water partition coefficient (Wildman–Crippen LogP) is 3.20. The number of ether oxygens (including phenoxy) is 3. The molecular weight excluding hydrogens is 486 g/mol. The van der Waals surface area contributed by atoms with E-state index in [-0.39, 0.29) is 31.1 Å². The van der Waals surface area contributed by atoms with Crippen LogP contribution in [-0.4, -0.2) is 83.2 Å². The molecule has 2 heterocycles. The molecule has 1 aromatic rings. The summed E-state index contributed by atoms with van der Waals surface area (Å²) in [5.41, 5.74) is 0.369. The van der Waals surface area contributed by atoms with Crippen LogP contribution in [-0.2, 0) is 14.2 Å². The maximum Gasteiger partial charge on any atom is 0.406 e. The molecule has 3 rings (SSSR count). The summed E-state index contributed by atoms with van der Waals surface area (Å²) in [5.74, 6) is -1.14. The fourth-order valence-corrected chi connectivity index (χ4v) is 5.20. The second kappa shape index (κ2) is 15.0. The van der Waals surface area contributed by atoms with Gasteiger partial charge in [-0.05, 0) is 62.8 Å². The van der Waals surface area contributed by atoms with Gasteiger partial charge in [-0.25, -0.2) is 18.4 Å². The molecule has 0 aromatic heterocycles. The molecule has 11 heteroatoms. The summed E-state index contributed by atoms with van der Waals surface area (Å²) in [7, 11) is 3.13. The summed E-state index contributed by atoms with van der Waals surface area (Å²) in [6, 6.07) is 3.15. The fourth-order valence-electron chi connectivity index (χ4n) is 5.20. The average Bonchev–Trinajstić information content (AvgIpc) is 2.88. The minimum absolute atomic E-state index is 0.0293. The van der Waals surface area contributed by atoms with E-state index in [1.165, 1.54) is 19.2 Å². The van der Waals surface area contributed by atoms with E-state index in [1.54, 1.807) is 4.90 Å². The summed E-state index contributed by atoms with van der Waals surface area (Å²) in [6.45, 7) is 3.44. The van der Waals surface area contributed by atoms with Crippen LogP contribution in [0.1, 0.15) is 43.8 Å². The Labute approximate surface area is 217 Å². The highest BCUT2D eigenvalue weighted by Crippen LogP contribution is 2.34. The quantitative estimate of drug-likeness (QED) is 0.383. The number of amides is 3. The maximum atomic E-state index is 14.1. The van der Waals surface area contributed by atoms with Gasteiger partial charge in [0, 0.05) is 57.4 Å². The number of carbonyl (C=O) groups is 2.